The molecule has 2 nitrogen and oxygen atoms in total. The van der Waals surface area contributed by atoms with Crippen LogP contribution in [0.15, 0.2) is 0 Å². The van der Waals surface area contributed by atoms with Crippen LogP contribution in [0.25, 0.3) is 0 Å². The summed E-state index contributed by atoms with van der Waals surface area (Å²) in [6.45, 7) is 6.77. The van der Waals surface area contributed by atoms with E-state index >= 15 is 0 Å². The van der Waals surface area contributed by atoms with Crippen molar-refractivity contribution in [3.05, 3.63) is 0 Å². The SMILES string of the molecule is CC1CCCC1CNCC1CCCOC1. The van der Waals surface area contributed by atoms with Crippen molar-refractivity contribution in [1.82, 2.24) is 5.32 Å². The topological polar surface area (TPSA) is 21.3 Å². The Balaban J connectivity index is 1.57. The Labute approximate surface area is 93.8 Å². The zero-order chi connectivity index (χ0) is 10.5. The molecular weight excluding hydrogens is 186 g/mol. The average Bonchev–Trinajstić information content (AvgIpc) is 2.66. The lowest BCUT2D eigenvalue weighted by molar-refractivity contribution is 0.0544. The lowest BCUT2D eigenvalue weighted by Gasteiger charge is -2.24. The molecule has 15 heavy (non-hydrogen) atoms. The highest BCUT2D eigenvalue weighted by Crippen LogP contribution is 2.30. The van der Waals surface area contributed by atoms with Gasteiger partial charge in [0.25, 0.3) is 0 Å². The minimum absolute atomic E-state index is 0.774. The number of ether oxygens (including phenoxy) is 1. The number of hydrogen-bond acceptors (Lipinski definition) is 2. The molecule has 0 spiro atoms. The van der Waals surface area contributed by atoms with Crippen molar-refractivity contribution < 1.29 is 4.74 Å². The molecule has 3 unspecified atom stereocenters. The van der Waals surface area contributed by atoms with E-state index in [1.165, 1.54) is 45.2 Å². The molecule has 88 valence electrons. The maximum Gasteiger partial charge on any atom is 0.0506 e. The van der Waals surface area contributed by atoms with Crippen molar-refractivity contribution in [2.24, 2.45) is 17.8 Å². The second kappa shape index (κ2) is 5.86. The molecule has 1 N–H and O–H groups in total. The van der Waals surface area contributed by atoms with Crippen molar-refractivity contribution in [2.45, 2.75) is 39.0 Å². The fourth-order valence-corrected chi connectivity index (χ4v) is 2.97. The number of rotatable bonds is 4. The highest BCUT2D eigenvalue weighted by molar-refractivity contribution is 4.76. The van der Waals surface area contributed by atoms with Crippen molar-refractivity contribution in [3.63, 3.8) is 0 Å². The van der Waals surface area contributed by atoms with Gasteiger partial charge in [-0.2, -0.15) is 0 Å². The van der Waals surface area contributed by atoms with Gasteiger partial charge in [0.05, 0.1) is 6.61 Å². The molecule has 2 aliphatic rings. The maximum absolute atomic E-state index is 5.49. The average molecular weight is 211 g/mol. The highest BCUT2D eigenvalue weighted by Gasteiger charge is 2.23. The largest absolute Gasteiger partial charge is 0.381 e. The molecule has 2 fully saturated rings. The van der Waals surface area contributed by atoms with E-state index in [1.807, 2.05) is 0 Å². The summed E-state index contributed by atoms with van der Waals surface area (Å²) in [5, 5.41) is 3.65. The Bertz CT molecular complexity index is 177. The van der Waals surface area contributed by atoms with Gasteiger partial charge in [0, 0.05) is 13.2 Å². The van der Waals surface area contributed by atoms with Gasteiger partial charge in [0.1, 0.15) is 0 Å². The second-order valence-corrected chi connectivity index (χ2v) is 5.41. The van der Waals surface area contributed by atoms with Gasteiger partial charge in [0.15, 0.2) is 0 Å². The summed E-state index contributed by atoms with van der Waals surface area (Å²) in [5.74, 6) is 2.66. The predicted octanol–water partition coefficient (Wildman–Crippen LogP) is 2.44. The first kappa shape index (κ1) is 11.4. The lowest BCUT2D eigenvalue weighted by Crippen LogP contribution is -2.32. The third-order valence-electron chi connectivity index (χ3n) is 4.13. The molecule has 3 atom stereocenters. The van der Waals surface area contributed by atoms with Gasteiger partial charge < -0.3 is 10.1 Å². The first-order chi connectivity index (χ1) is 7.36. The van der Waals surface area contributed by atoms with Gasteiger partial charge in [0.2, 0.25) is 0 Å². The summed E-state index contributed by atoms with van der Waals surface area (Å²) >= 11 is 0. The molecule has 0 aromatic rings. The standard InChI is InChI=1S/C13H25NO/c1-11-4-2-6-13(11)9-14-8-12-5-3-7-15-10-12/h11-14H,2-10H2,1H3. The molecule has 2 rings (SSSR count). The van der Waals surface area contributed by atoms with E-state index in [0.29, 0.717) is 0 Å². The zero-order valence-corrected chi connectivity index (χ0v) is 10.0. The molecule has 1 saturated carbocycles. The van der Waals surface area contributed by atoms with Crippen LogP contribution < -0.4 is 5.32 Å². The molecular formula is C13H25NO. The summed E-state index contributed by atoms with van der Waals surface area (Å²) in [6.07, 6.45) is 6.94. The van der Waals surface area contributed by atoms with E-state index in [0.717, 1.165) is 31.0 Å². The van der Waals surface area contributed by atoms with Gasteiger partial charge in [-0.05, 0) is 43.6 Å². The number of nitrogens with one attached hydrogen (secondary N) is 1. The maximum atomic E-state index is 5.49. The minimum atomic E-state index is 0.774. The van der Waals surface area contributed by atoms with Crippen LogP contribution in [0.1, 0.15) is 39.0 Å². The van der Waals surface area contributed by atoms with Crippen LogP contribution in [0.3, 0.4) is 0 Å². The molecule has 0 bridgehead atoms. The van der Waals surface area contributed by atoms with Crippen LogP contribution >= 0.6 is 0 Å². The molecule has 0 radical (unpaired) electrons. The molecule has 2 heteroatoms. The van der Waals surface area contributed by atoms with Crippen LogP contribution in [0, 0.1) is 17.8 Å². The predicted molar refractivity (Wildman–Crippen MR) is 62.9 cm³/mol. The molecule has 0 amide bonds. The van der Waals surface area contributed by atoms with Crippen LogP contribution in [0.4, 0.5) is 0 Å². The third-order valence-corrected chi connectivity index (χ3v) is 4.13. The first-order valence-corrected chi connectivity index (χ1v) is 6.64. The Morgan fingerprint density at radius 1 is 1.13 bits per heavy atom. The molecule has 1 aliphatic heterocycles. The van der Waals surface area contributed by atoms with E-state index in [9.17, 15) is 0 Å². The Morgan fingerprint density at radius 2 is 2.07 bits per heavy atom. The third kappa shape index (κ3) is 3.46. The Hall–Kier alpha value is -0.0800. The van der Waals surface area contributed by atoms with E-state index in [1.54, 1.807) is 0 Å². The van der Waals surface area contributed by atoms with Gasteiger partial charge in [-0.15, -0.1) is 0 Å². The van der Waals surface area contributed by atoms with Crippen LogP contribution in [-0.2, 0) is 4.74 Å². The first-order valence-electron chi connectivity index (χ1n) is 6.64. The van der Waals surface area contributed by atoms with E-state index in [2.05, 4.69) is 12.2 Å². The van der Waals surface area contributed by atoms with Gasteiger partial charge in [-0.25, -0.2) is 0 Å². The molecule has 1 aliphatic carbocycles. The minimum Gasteiger partial charge on any atom is -0.381 e. The van der Waals surface area contributed by atoms with E-state index in [4.69, 9.17) is 4.74 Å². The summed E-state index contributed by atoms with van der Waals surface area (Å²) in [4.78, 5) is 0. The van der Waals surface area contributed by atoms with Gasteiger partial charge in [-0.3, -0.25) is 0 Å². The molecule has 1 heterocycles. The fourth-order valence-electron chi connectivity index (χ4n) is 2.97. The van der Waals surface area contributed by atoms with Crippen molar-refractivity contribution in [2.75, 3.05) is 26.3 Å². The molecule has 0 aromatic heterocycles. The normalized spacial score (nSPS) is 37.0. The van der Waals surface area contributed by atoms with Crippen molar-refractivity contribution in [3.8, 4) is 0 Å². The van der Waals surface area contributed by atoms with Crippen LogP contribution in [-0.4, -0.2) is 26.3 Å². The zero-order valence-electron chi connectivity index (χ0n) is 10.0. The monoisotopic (exact) mass is 211 g/mol. The van der Waals surface area contributed by atoms with Crippen molar-refractivity contribution >= 4 is 0 Å². The van der Waals surface area contributed by atoms with Crippen molar-refractivity contribution in [1.29, 1.82) is 0 Å². The fraction of sp³-hybridized carbons (Fsp3) is 1.00. The summed E-state index contributed by atoms with van der Waals surface area (Å²) in [7, 11) is 0. The lowest BCUT2D eigenvalue weighted by atomic mass is 9.97. The smallest absolute Gasteiger partial charge is 0.0506 e. The Kier molecular flexibility index (Phi) is 4.45. The molecule has 0 aromatic carbocycles. The number of hydrogen-bond donors (Lipinski definition) is 1. The van der Waals surface area contributed by atoms with Gasteiger partial charge in [-0.1, -0.05) is 19.8 Å². The summed E-state index contributed by atoms with van der Waals surface area (Å²) < 4.78 is 5.49. The second-order valence-electron chi connectivity index (χ2n) is 5.41. The van der Waals surface area contributed by atoms with Crippen LogP contribution in [0.2, 0.25) is 0 Å². The quantitative estimate of drug-likeness (QED) is 0.771. The Morgan fingerprint density at radius 3 is 2.73 bits per heavy atom. The van der Waals surface area contributed by atoms with E-state index in [-0.39, 0.29) is 0 Å². The van der Waals surface area contributed by atoms with E-state index < -0.39 is 0 Å². The van der Waals surface area contributed by atoms with Gasteiger partial charge >= 0.3 is 0 Å². The summed E-state index contributed by atoms with van der Waals surface area (Å²) in [6, 6.07) is 0. The summed E-state index contributed by atoms with van der Waals surface area (Å²) in [5.41, 5.74) is 0. The highest BCUT2D eigenvalue weighted by atomic mass is 16.5. The van der Waals surface area contributed by atoms with Crippen LogP contribution in [0.5, 0.6) is 0 Å². The molecule has 1 saturated heterocycles.